The van der Waals surface area contributed by atoms with Crippen LogP contribution in [0.4, 0.5) is 6.01 Å². The number of hydrogen-bond acceptors (Lipinski definition) is 5. The molecule has 5 rings (SSSR count). The first-order chi connectivity index (χ1) is 12.3. The van der Waals surface area contributed by atoms with Crippen molar-refractivity contribution in [2.45, 2.75) is 18.8 Å². The standard InChI is InChI=1S/C19H19ClN4O/c20-14-11-13(15-3-1-2-6-22-15)18-17(16(14)12-4-5-12)23-19(25-18)24-9-7-21-8-10-24/h1-3,6,11-12,21H,4-5,7-10H2. The number of piperazine rings is 1. The fraction of sp³-hybridized carbons (Fsp3) is 0.368. The lowest BCUT2D eigenvalue weighted by atomic mass is 10.0. The van der Waals surface area contributed by atoms with E-state index in [0.717, 1.165) is 59.1 Å². The van der Waals surface area contributed by atoms with Crippen molar-refractivity contribution in [2.75, 3.05) is 31.1 Å². The lowest BCUT2D eigenvalue weighted by molar-refractivity contribution is 0.518. The second kappa shape index (κ2) is 6.00. The first-order valence-electron chi connectivity index (χ1n) is 8.81. The number of pyridine rings is 1. The van der Waals surface area contributed by atoms with Crippen molar-refractivity contribution in [1.82, 2.24) is 15.3 Å². The SMILES string of the molecule is Clc1cc(-c2ccccn2)c2oc(N3CCNCC3)nc2c1C1CC1. The first-order valence-corrected chi connectivity index (χ1v) is 9.19. The van der Waals surface area contributed by atoms with E-state index in [1.165, 1.54) is 12.8 Å². The minimum absolute atomic E-state index is 0.508. The van der Waals surface area contributed by atoms with Gasteiger partial charge in [-0.15, -0.1) is 0 Å². The fourth-order valence-electron chi connectivity index (χ4n) is 3.52. The molecular weight excluding hydrogens is 336 g/mol. The van der Waals surface area contributed by atoms with Crippen LogP contribution in [0.2, 0.25) is 5.02 Å². The van der Waals surface area contributed by atoms with E-state index in [1.807, 2.05) is 24.3 Å². The van der Waals surface area contributed by atoms with E-state index in [4.69, 9.17) is 21.0 Å². The van der Waals surface area contributed by atoms with Crippen molar-refractivity contribution in [3.8, 4) is 11.3 Å². The topological polar surface area (TPSA) is 54.2 Å². The summed E-state index contributed by atoms with van der Waals surface area (Å²) in [6.07, 6.45) is 4.14. The number of nitrogens with zero attached hydrogens (tertiary/aromatic N) is 3. The van der Waals surface area contributed by atoms with Crippen molar-refractivity contribution in [3.05, 3.63) is 41.0 Å². The molecule has 6 heteroatoms. The molecule has 2 aromatic heterocycles. The van der Waals surface area contributed by atoms with Crippen LogP contribution >= 0.6 is 11.6 Å². The maximum Gasteiger partial charge on any atom is 0.298 e. The lowest BCUT2D eigenvalue weighted by Crippen LogP contribution is -2.43. The molecule has 3 aromatic rings. The van der Waals surface area contributed by atoms with Gasteiger partial charge in [0.25, 0.3) is 6.01 Å². The summed E-state index contributed by atoms with van der Waals surface area (Å²) in [6.45, 7) is 3.70. The van der Waals surface area contributed by atoms with Crippen molar-refractivity contribution < 1.29 is 4.42 Å². The van der Waals surface area contributed by atoms with Gasteiger partial charge in [-0.3, -0.25) is 4.98 Å². The highest BCUT2D eigenvalue weighted by atomic mass is 35.5. The monoisotopic (exact) mass is 354 g/mol. The fourth-order valence-corrected chi connectivity index (χ4v) is 3.87. The van der Waals surface area contributed by atoms with Gasteiger partial charge in [-0.25, -0.2) is 0 Å². The number of fused-ring (bicyclic) bond motifs is 1. The zero-order chi connectivity index (χ0) is 16.8. The van der Waals surface area contributed by atoms with Gasteiger partial charge in [0.2, 0.25) is 0 Å². The number of hydrogen-bond donors (Lipinski definition) is 1. The molecule has 25 heavy (non-hydrogen) atoms. The van der Waals surface area contributed by atoms with Gasteiger partial charge in [0.1, 0.15) is 5.52 Å². The van der Waals surface area contributed by atoms with Gasteiger partial charge >= 0.3 is 0 Å². The van der Waals surface area contributed by atoms with Crippen molar-refractivity contribution in [1.29, 1.82) is 0 Å². The third-order valence-electron chi connectivity index (χ3n) is 4.96. The van der Waals surface area contributed by atoms with E-state index >= 15 is 0 Å². The van der Waals surface area contributed by atoms with Crippen molar-refractivity contribution in [2.24, 2.45) is 0 Å². The molecule has 1 aliphatic heterocycles. The van der Waals surface area contributed by atoms with Gasteiger partial charge in [0.05, 0.1) is 5.69 Å². The number of nitrogens with one attached hydrogen (secondary N) is 1. The highest BCUT2D eigenvalue weighted by Gasteiger charge is 2.32. The summed E-state index contributed by atoms with van der Waals surface area (Å²) in [7, 11) is 0. The summed E-state index contributed by atoms with van der Waals surface area (Å²) in [5, 5.41) is 4.14. The van der Waals surface area contributed by atoms with Crippen LogP contribution in [0.5, 0.6) is 0 Å². The number of halogens is 1. The van der Waals surface area contributed by atoms with Crippen LogP contribution in [0.15, 0.2) is 34.9 Å². The molecule has 2 fully saturated rings. The second-order valence-electron chi connectivity index (χ2n) is 6.72. The number of oxazole rings is 1. The number of rotatable bonds is 3. The Bertz CT molecular complexity index is 914. The summed E-state index contributed by atoms with van der Waals surface area (Å²) < 4.78 is 6.26. The maximum atomic E-state index is 6.66. The third kappa shape index (κ3) is 2.68. The van der Waals surface area contributed by atoms with Crippen LogP contribution in [0.3, 0.4) is 0 Å². The van der Waals surface area contributed by atoms with Gasteiger partial charge in [0.15, 0.2) is 5.58 Å². The Labute approximate surface area is 151 Å². The highest BCUT2D eigenvalue weighted by molar-refractivity contribution is 6.33. The maximum absolute atomic E-state index is 6.66. The van der Waals surface area contributed by atoms with Gasteiger partial charge in [-0.1, -0.05) is 17.7 Å². The second-order valence-corrected chi connectivity index (χ2v) is 7.13. The number of benzene rings is 1. The quantitative estimate of drug-likeness (QED) is 0.774. The van der Waals surface area contributed by atoms with E-state index in [0.29, 0.717) is 11.9 Å². The minimum atomic E-state index is 0.508. The van der Waals surface area contributed by atoms with Crippen LogP contribution in [0, 0.1) is 0 Å². The Morgan fingerprint density at radius 2 is 2.04 bits per heavy atom. The predicted molar refractivity (Wildman–Crippen MR) is 99.3 cm³/mol. The highest BCUT2D eigenvalue weighted by Crippen LogP contribution is 2.48. The van der Waals surface area contributed by atoms with Crippen LogP contribution in [-0.2, 0) is 0 Å². The largest absolute Gasteiger partial charge is 0.423 e. The lowest BCUT2D eigenvalue weighted by Gasteiger charge is -2.25. The van der Waals surface area contributed by atoms with Crippen LogP contribution in [0.1, 0.15) is 24.3 Å². The summed E-state index contributed by atoms with van der Waals surface area (Å²) in [5.41, 5.74) is 4.63. The van der Waals surface area contributed by atoms with E-state index < -0.39 is 0 Å². The van der Waals surface area contributed by atoms with Gasteiger partial charge in [-0.2, -0.15) is 4.98 Å². The molecule has 5 nitrogen and oxygen atoms in total. The molecule has 0 atom stereocenters. The Morgan fingerprint density at radius 3 is 2.76 bits per heavy atom. The Morgan fingerprint density at radius 1 is 1.20 bits per heavy atom. The molecular formula is C19H19ClN4O. The van der Waals surface area contributed by atoms with Gasteiger partial charge in [0, 0.05) is 48.5 Å². The molecule has 3 heterocycles. The summed E-state index contributed by atoms with van der Waals surface area (Å²) in [5.74, 6) is 0.508. The molecule has 0 unspecified atom stereocenters. The predicted octanol–water partition coefficient (Wildman–Crippen LogP) is 3.83. The van der Waals surface area contributed by atoms with Gasteiger partial charge in [-0.05, 0) is 37.0 Å². The first kappa shape index (κ1) is 15.2. The molecule has 0 bridgehead atoms. The Hall–Kier alpha value is -2.11. The van der Waals surface area contributed by atoms with Crippen molar-refractivity contribution >= 4 is 28.7 Å². The Balaban J connectivity index is 1.72. The third-order valence-corrected chi connectivity index (χ3v) is 5.27. The molecule has 0 spiro atoms. The average Bonchev–Trinajstić information content (AvgIpc) is 3.39. The molecule has 1 aromatic carbocycles. The molecule has 2 aliphatic rings. The molecule has 1 saturated heterocycles. The Kier molecular flexibility index (Phi) is 3.64. The van der Waals surface area contributed by atoms with Crippen LogP contribution < -0.4 is 10.2 Å². The molecule has 1 aliphatic carbocycles. The zero-order valence-corrected chi connectivity index (χ0v) is 14.6. The number of anilines is 1. The molecule has 0 radical (unpaired) electrons. The minimum Gasteiger partial charge on any atom is -0.423 e. The number of aromatic nitrogens is 2. The average molecular weight is 355 g/mol. The normalized spacial score (nSPS) is 18.0. The van der Waals surface area contributed by atoms with Crippen LogP contribution in [-0.4, -0.2) is 36.1 Å². The molecule has 0 amide bonds. The zero-order valence-electron chi connectivity index (χ0n) is 13.8. The van der Waals surface area contributed by atoms with E-state index in [-0.39, 0.29) is 0 Å². The van der Waals surface area contributed by atoms with E-state index in [2.05, 4.69) is 15.2 Å². The van der Waals surface area contributed by atoms with E-state index in [9.17, 15) is 0 Å². The van der Waals surface area contributed by atoms with E-state index in [1.54, 1.807) is 6.20 Å². The molecule has 1 saturated carbocycles. The molecule has 128 valence electrons. The van der Waals surface area contributed by atoms with Crippen molar-refractivity contribution in [3.63, 3.8) is 0 Å². The summed E-state index contributed by atoms with van der Waals surface area (Å²) >= 11 is 6.66. The molecule has 1 N–H and O–H groups in total. The van der Waals surface area contributed by atoms with Gasteiger partial charge < -0.3 is 14.6 Å². The summed E-state index contributed by atoms with van der Waals surface area (Å²) in [4.78, 5) is 11.5. The summed E-state index contributed by atoms with van der Waals surface area (Å²) in [6, 6.07) is 8.55. The van der Waals surface area contributed by atoms with Crippen LogP contribution in [0.25, 0.3) is 22.4 Å². The smallest absolute Gasteiger partial charge is 0.298 e.